The average molecular weight is 237 g/mol. The van der Waals surface area contributed by atoms with Gasteiger partial charge in [0.15, 0.2) is 0 Å². The Kier molecular flexibility index (Phi) is 3.98. The van der Waals surface area contributed by atoms with Gasteiger partial charge < -0.3 is 16.4 Å². The molecular formula is C11H19N5O. The largest absolute Gasteiger partial charge is 0.382 e. The SMILES string of the molecule is NC(=O)Cn1cc(NCC2CCNCC2)cn1. The van der Waals surface area contributed by atoms with Crippen molar-refractivity contribution in [1.82, 2.24) is 15.1 Å². The molecule has 0 radical (unpaired) electrons. The smallest absolute Gasteiger partial charge is 0.239 e. The van der Waals surface area contributed by atoms with E-state index in [-0.39, 0.29) is 12.5 Å². The lowest BCUT2D eigenvalue weighted by Crippen LogP contribution is -2.31. The van der Waals surface area contributed by atoms with Gasteiger partial charge in [0, 0.05) is 12.7 Å². The van der Waals surface area contributed by atoms with Gasteiger partial charge in [0.25, 0.3) is 0 Å². The summed E-state index contributed by atoms with van der Waals surface area (Å²) in [5.41, 5.74) is 6.05. The van der Waals surface area contributed by atoms with Crippen molar-refractivity contribution < 1.29 is 4.79 Å². The van der Waals surface area contributed by atoms with E-state index in [2.05, 4.69) is 15.7 Å². The van der Waals surface area contributed by atoms with Gasteiger partial charge in [-0.2, -0.15) is 5.10 Å². The van der Waals surface area contributed by atoms with Crippen LogP contribution in [0, 0.1) is 5.92 Å². The molecule has 1 saturated heterocycles. The molecule has 4 N–H and O–H groups in total. The summed E-state index contributed by atoms with van der Waals surface area (Å²) in [4.78, 5) is 10.7. The van der Waals surface area contributed by atoms with E-state index in [9.17, 15) is 4.79 Å². The predicted molar refractivity (Wildman–Crippen MR) is 65.5 cm³/mol. The molecule has 1 aromatic rings. The Balaban J connectivity index is 1.78. The van der Waals surface area contributed by atoms with Gasteiger partial charge in [0.05, 0.1) is 11.9 Å². The molecule has 6 heteroatoms. The number of hydrogen-bond donors (Lipinski definition) is 3. The highest BCUT2D eigenvalue weighted by molar-refractivity contribution is 5.73. The standard InChI is InChI=1S/C11H19N5O/c12-11(17)8-16-7-10(6-15-16)14-5-9-1-3-13-4-2-9/h6-7,9,13-14H,1-5,8H2,(H2,12,17). The maximum Gasteiger partial charge on any atom is 0.239 e. The third-order valence-corrected chi connectivity index (χ3v) is 3.00. The number of rotatable bonds is 5. The fourth-order valence-electron chi connectivity index (χ4n) is 2.05. The van der Waals surface area contributed by atoms with E-state index in [1.54, 1.807) is 10.9 Å². The van der Waals surface area contributed by atoms with Crippen molar-refractivity contribution in [2.75, 3.05) is 25.0 Å². The highest BCUT2D eigenvalue weighted by Crippen LogP contribution is 2.13. The summed E-state index contributed by atoms with van der Waals surface area (Å²) in [6, 6.07) is 0. The summed E-state index contributed by atoms with van der Waals surface area (Å²) in [5.74, 6) is 0.341. The lowest BCUT2D eigenvalue weighted by molar-refractivity contribution is -0.118. The first-order chi connectivity index (χ1) is 8.24. The second-order valence-corrected chi connectivity index (χ2v) is 4.47. The van der Waals surface area contributed by atoms with Gasteiger partial charge in [-0.15, -0.1) is 0 Å². The Bertz CT molecular complexity index is 370. The predicted octanol–water partition coefficient (Wildman–Crippen LogP) is -0.220. The number of hydrogen-bond acceptors (Lipinski definition) is 4. The molecule has 1 fully saturated rings. The highest BCUT2D eigenvalue weighted by Gasteiger charge is 2.12. The normalized spacial score (nSPS) is 16.9. The summed E-state index contributed by atoms with van der Waals surface area (Å²) >= 11 is 0. The van der Waals surface area contributed by atoms with Crippen LogP contribution in [0.5, 0.6) is 0 Å². The van der Waals surface area contributed by atoms with Gasteiger partial charge in [0.1, 0.15) is 6.54 Å². The molecule has 0 bridgehead atoms. The monoisotopic (exact) mass is 237 g/mol. The molecule has 1 aromatic heterocycles. The molecule has 6 nitrogen and oxygen atoms in total. The van der Waals surface area contributed by atoms with Crippen molar-refractivity contribution in [3.05, 3.63) is 12.4 Å². The highest BCUT2D eigenvalue weighted by atomic mass is 16.1. The quantitative estimate of drug-likeness (QED) is 0.661. The molecule has 2 rings (SSSR count). The number of amides is 1. The van der Waals surface area contributed by atoms with Crippen LogP contribution >= 0.6 is 0 Å². The first-order valence-electron chi connectivity index (χ1n) is 5.99. The maximum atomic E-state index is 10.7. The van der Waals surface area contributed by atoms with E-state index < -0.39 is 0 Å². The zero-order valence-corrected chi connectivity index (χ0v) is 9.85. The first-order valence-corrected chi connectivity index (χ1v) is 5.99. The number of piperidine rings is 1. The van der Waals surface area contributed by atoms with Crippen LogP contribution in [0.4, 0.5) is 5.69 Å². The van der Waals surface area contributed by atoms with Gasteiger partial charge in [-0.05, 0) is 31.8 Å². The fraction of sp³-hybridized carbons (Fsp3) is 0.636. The topological polar surface area (TPSA) is 85.0 Å². The molecule has 1 aliphatic heterocycles. The van der Waals surface area contributed by atoms with E-state index in [1.165, 1.54) is 12.8 Å². The van der Waals surface area contributed by atoms with Crippen LogP contribution in [0.1, 0.15) is 12.8 Å². The number of nitrogens with zero attached hydrogens (tertiary/aromatic N) is 2. The molecular weight excluding hydrogens is 218 g/mol. The molecule has 94 valence electrons. The number of carbonyl (C=O) groups excluding carboxylic acids is 1. The number of nitrogens with two attached hydrogens (primary N) is 1. The average Bonchev–Trinajstić information content (AvgIpc) is 2.75. The molecule has 0 aromatic carbocycles. The fourth-order valence-corrected chi connectivity index (χ4v) is 2.05. The van der Waals surface area contributed by atoms with Crippen molar-refractivity contribution in [2.45, 2.75) is 19.4 Å². The number of primary amides is 1. The molecule has 2 heterocycles. The molecule has 0 aliphatic carbocycles. The van der Waals surface area contributed by atoms with E-state index in [1.807, 2.05) is 6.20 Å². The Morgan fingerprint density at radius 1 is 1.59 bits per heavy atom. The zero-order chi connectivity index (χ0) is 12.1. The van der Waals surface area contributed by atoms with Crippen LogP contribution in [0.25, 0.3) is 0 Å². The number of aromatic nitrogens is 2. The van der Waals surface area contributed by atoms with Crippen LogP contribution in [0.3, 0.4) is 0 Å². The maximum absolute atomic E-state index is 10.7. The number of carbonyl (C=O) groups is 1. The molecule has 0 unspecified atom stereocenters. The first kappa shape index (κ1) is 11.9. The van der Waals surface area contributed by atoms with Crippen LogP contribution in [0.15, 0.2) is 12.4 Å². The Labute approximate surface area is 101 Å². The molecule has 0 atom stereocenters. The van der Waals surface area contributed by atoms with Crippen LogP contribution in [-0.2, 0) is 11.3 Å². The van der Waals surface area contributed by atoms with E-state index >= 15 is 0 Å². The zero-order valence-electron chi connectivity index (χ0n) is 9.85. The Morgan fingerprint density at radius 2 is 2.35 bits per heavy atom. The molecule has 1 aliphatic rings. The molecule has 1 amide bonds. The lowest BCUT2D eigenvalue weighted by atomic mass is 9.98. The summed E-state index contributed by atoms with van der Waals surface area (Å²) < 4.78 is 1.55. The van der Waals surface area contributed by atoms with Gasteiger partial charge in [-0.3, -0.25) is 9.48 Å². The van der Waals surface area contributed by atoms with E-state index in [0.29, 0.717) is 0 Å². The summed E-state index contributed by atoms with van der Waals surface area (Å²) in [7, 11) is 0. The lowest BCUT2D eigenvalue weighted by Gasteiger charge is -2.22. The Morgan fingerprint density at radius 3 is 3.06 bits per heavy atom. The van der Waals surface area contributed by atoms with Crippen molar-refractivity contribution in [1.29, 1.82) is 0 Å². The third-order valence-electron chi connectivity index (χ3n) is 3.00. The van der Waals surface area contributed by atoms with Crippen LogP contribution < -0.4 is 16.4 Å². The minimum absolute atomic E-state index is 0.134. The van der Waals surface area contributed by atoms with Gasteiger partial charge >= 0.3 is 0 Å². The van der Waals surface area contributed by atoms with Gasteiger partial charge in [-0.25, -0.2) is 0 Å². The summed E-state index contributed by atoms with van der Waals surface area (Å²) in [5, 5.41) is 10.7. The summed E-state index contributed by atoms with van der Waals surface area (Å²) in [6.07, 6.45) is 5.96. The molecule has 17 heavy (non-hydrogen) atoms. The van der Waals surface area contributed by atoms with E-state index in [0.717, 1.165) is 31.2 Å². The van der Waals surface area contributed by atoms with E-state index in [4.69, 9.17) is 5.73 Å². The Hall–Kier alpha value is -1.56. The van der Waals surface area contributed by atoms with Crippen LogP contribution in [-0.4, -0.2) is 35.3 Å². The third kappa shape index (κ3) is 3.74. The molecule has 0 saturated carbocycles. The number of anilines is 1. The van der Waals surface area contributed by atoms with Crippen molar-refractivity contribution >= 4 is 11.6 Å². The van der Waals surface area contributed by atoms with Crippen molar-refractivity contribution in [3.63, 3.8) is 0 Å². The van der Waals surface area contributed by atoms with Crippen molar-refractivity contribution in [3.8, 4) is 0 Å². The minimum atomic E-state index is -0.377. The second kappa shape index (κ2) is 5.67. The summed E-state index contributed by atoms with van der Waals surface area (Å²) in [6.45, 7) is 3.31. The molecule has 0 spiro atoms. The van der Waals surface area contributed by atoms with Crippen LogP contribution in [0.2, 0.25) is 0 Å². The second-order valence-electron chi connectivity index (χ2n) is 4.47. The minimum Gasteiger partial charge on any atom is -0.382 e. The van der Waals surface area contributed by atoms with Crippen molar-refractivity contribution in [2.24, 2.45) is 11.7 Å². The van der Waals surface area contributed by atoms with Gasteiger partial charge in [-0.1, -0.05) is 0 Å². The number of nitrogens with one attached hydrogen (secondary N) is 2. The van der Waals surface area contributed by atoms with Gasteiger partial charge in [0.2, 0.25) is 5.91 Å².